The van der Waals surface area contributed by atoms with Crippen molar-refractivity contribution in [3.8, 4) is 0 Å². The topological polar surface area (TPSA) is 110 Å². The van der Waals surface area contributed by atoms with Gasteiger partial charge in [-0.25, -0.2) is 15.0 Å². The molecule has 8 heteroatoms. The second-order valence-corrected chi connectivity index (χ2v) is 5.64. The van der Waals surface area contributed by atoms with E-state index < -0.39 is 6.10 Å². The summed E-state index contributed by atoms with van der Waals surface area (Å²) in [5, 5.41) is 18.7. The molecule has 1 saturated heterocycles. The molecule has 0 amide bonds. The Balaban J connectivity index is 2.08. The van der Waals surface area contributed by atoms with Gasteiger partial charge in [0.15, 0.2) is 11.5 Å². The molecule has 3 atom stereocenters. The third-order valence-electron chi connectivity index (χ3n) is 3.18. The van der Waals surface area contributed by atoms with Gasteiger partial charge in [0.05, 0.1) is 24.3 Å². The quantitative estimate of drug-likeness (QED) is 0.660. The normalized spacial score (nSPS) is 27.3. The first-order valence-electron chi connectivity index (χ1n) is 5.69. The van der Waals surface area contributed by atoms with Gasteiger partial charge in [-0.05, 0) is 5.57 Å². The van der Waals surface area contributed by atoms with E-state index in [0.717, 1.165) is 0 Å². The van der Waals surface area contributed by atoms with Crippen LogP contribution in [0.15, 0.2) is 24.8 Å². The molecule has 0 radical (unpaired) electrons. The van der Waals surface area contributed by atoms with Crippen LogP contribution in [0.4, 0.5) is 5.82 Å². The number of hydrogen-bond acceptors (Lipinski definition) is 7. The van der Waals surface area contributed by atoms with Gasteiger partial charge in [0.1, 0.15) is 17.2 Å². The Kier molecular flexibility index (Phi) is 2.92. The summed E-state index contributed by atoms with van der Waals surface area (Å²) in [6.45, 7) is 3.78. The standard InChI is InChI=1S/C11H13N5O2S/c1-5-8(18)6(2-17)19-11(5)16-4-15-10-7(16)9(12)13-3-14-10/h3-4,6,8,11,17-18H,1-2H2,(H2,12,13,14)/t6-,8+,11?/m1/s1. The molecule has 4 N–H and O–H groups in total. The molecule has 0 saturated carbocycles. The minimum absolute atomic E-state index is 0.111. The minimum Gasteiger partial charge on any atom is -0.395 e. The van der Waals surface area contributed by atoms with E-state index in [1.54, 1.807) is 10.9 Å². The molecule has 0 bridgehead atoms. The zero-order valence-corrected chi connectivity index (χ0v) is 10.8. The Morgan fingerprint density at radius 3 is 2.89 bits per heavy atom. The first kappa shape index (κ1) is 12.4. The number of rotatable bonds is 2. The Labute approximate surface area is 113 Å². The van der Waals surface area contributed by atoms with E-state index in [-0.39, 0.29) is 17.2 Å². The molecule has 3 heterocycles. The number of aliphatic hydroxyl groups excluding tert-OH is 2. The van der Waals surface area contributed by atoms with Gasteiger partial charge >= 0.3 is 0 Å². The second-order valence-electron chi connectivity index (χ2n) is 4.31. The number of aliphatic hydroxyl groups is 2. The van der Waals surface area contributed by atoms with Gasteiger partial charge in [-0.3, -0.25) is 0 Å². The van der Waals surface area contributed by atoms with Crippen LogP contribution < -0.4 is 5.73 Å². The Morgan fingerprint density at radius 1 is 1.42 bits per heavy atom. The fraction of sp³-hybridized carbons (Fsp3) is 0.364. The summed E-state index contributed by atoms with van der Waals surface area (Å²) in [5.41, 5.74) is 7.59. The van der Waals surface area contributed by atoms with E-state index in [9.17, 15) is 10.2 Å². The lowest BCUT2D eigenvalue weighted by molar-refractivity contribution is 0.172. The number of nitrogens with two attached hydrogens (primary N) is 1. The van der Waals surface area contributed by atoms with Crippen molar-refractivity contribution in [3.05, 3.63) is 24.8 Å². The van der Waals surface area contributed by atoms with Crippen molar-refractivity contribution in [2.45, 2.75) is 16.7 Å². The molecule has 19 heavy (non-hydrogen) atoms. The SMILES string of the molecule is C=C1C(n2cnc3ncnc(N)c32)S[C@H](CO)[C@H]1O. The highest BCUT2D eigenvalue weighted by molar-refractivity contribution is 8.00. The Morgan fingerprint density at radius 2 is 2.21 bits per heavy atom. The molecule has 1 unspecified atom stereocenters. The molecule has 2 aromatic heterocycles. The number of imidazole rings is 1. The third-order valence-corrected chi connectivity index (χ3v) is 4.72. The Hall–Kier alpha value is -1.64. The van der Waals surface area contributed by atoms with Crippen molar-refractivity contribution in [2.75, 3.05) is 12.3 Å². The van der Waals surface area contributed by atoms with Crippen LogP contribution in [-0.2, 0) is 0 Å². The molecule has 2 aromatic rings. The average molecular weight is 279 g/mol. The molecule has 0 aromatic carbocycles. The van der Waals surface area contributed by atoms with E-state index in [4.69, 9.17) is 5.73 Å². The van der Waals surface area contributed by atoms with Crippen molar-refractivity contribution in [2.24, 2.45) is 0 Å². The van der Waals surface area contributed by atoms with Crippen LogP contribution in [0.2, 0.25) is 0 Å². The molecule has 7 nitrogen and oxygen atoms in total. The molecule has 1 aliphatic rings. The van der Waals surface area contributed by atoms with Crippen LogP contribution in [0.5, 0.6) is 0 Å². The number of nitrogens with zero attached hydrogens (tertiary/aromatic N) is 4. The predicted octanol–water partition coefficient (Wildman–Crippen LogP) is -0.0681. The first-order chi connectivity index (χ1) is 9.13. The van der Waals surface area contributed by atoms with Crippen molar-refractivity contribution >= 4 is 28.7 Å². The van der Waals surface area contributed by atoms with Gasteiger partial charge in [0.2, 0.25) is 0 Å². The van der Waals surface area contributed by atoms with Gasteiger partial charge < -0.3 is 20.5 Å². The van der Waals surface area contributed by atoms with Crippen molar-refractivity contribution in [1.29, 1.82) is 0 Å². The zero-order chi connectivity index (χ0) is 13.6. The van der Waals surface area contributed by atoms with Gasteiger partial charge in [-0.2, -0.15) is 0 Å². The summed E-state index contributed by atoms with van der Waals surface area (Å²) in [4.78, 5) is 12.2. The van der Waals surface area contributed by atoms with Crippen LogP contribution in [-0.4, -0.2) is 47.7 Å². The highest BCUT2D eigenvalue weighted by Gasteiger charge is 2.38. The number of aromatic nitrogens is 4. The van der Waals surface area contributed by atoms with Crippen LogP contribution in [0, 0.1) is 0 Å². The molecule has 1 fully saturated rings. The highest BCUT2D eigenvalue weighted by Crippen LogP contribution is 2.45. The fourth-order valence-electron chi connectivity index (χ4n) is 2.18. The number of nitrogen functional groups attached to an aromatic ring is 1. The van der Waals surface area contributed by atoms with Crippen LogP contribution in [0.3, 0.4) is 0 Å². The van der Waals surface area contributed by atoms with Gasteiger partial charge in [-0.15, -0.1) is 11.8 Å². The Bertz CT molecular complexity index is 643. The largest absolute Gasteiger partial charge is 0.395 e. The number of anilines is 1. The van der Waals surface area contributed by atoms with Crippen molar-refractivity contribution in [1.82, 2.24) is 19.5 Å². The zero-order valence-electron chi connectivity index (χ0n) is 9.97. The molecule has 3 rings (SSSR count). The van der Waals surface area contributed by atoms with Gasteiger partial charge in [0, 0.05) is 0 Å². The maximum atomic E-state index is 9.99. The van der Waals surface area contributed by atoms with Gasteiger partial charge in [-0.1, -0.05) is 6.58 Å². The second kappa shape index (κ2) is 4.48. The summed E-state index contributed by atoms with van der Waals surface area (Å²) >= 11 is 1.42. The number of thioether (sulfide) groups is 1. The lowest BCUT2D eigenvalue weighted by Gasteiger charge is -2.14. The van der Waals surface area contributed by atoms with Crippen LogP contribution in [0.25, 0.3) is 11.2 Å². The maximum absolute atomic E-state index is 9.99. The molecule has 0 spiro atoms. The fourth-order valence-corrected chi connectivity index (χ4v) is 3.52. The predicted molar refractivity (Wildman–Crippen MR) is 72.4 cm³/mol. The smallest absolute Gasteiger partial charge is 0.183 e. The van der Waals surface area contributed by atoms with E-state index in [1.807, 2.05) is 0 Å². The minimum atomic E-state index is -0.747. The van der Waals surface area contributed by atoms with Crippen molar-refractivity contribution < 1.29 is 10.2 Å². The van der Waals surface area contributed by atoms with E-state index in [1.165, 1.54) is 18.1 Å². The molecule has 100 valence electrons. The van der Waals surface area contributed by atoms with E-state index >= 15 is 0 Å². The lowest BCUT2D eigenvalue weighted by atomic mass is 10.1. The van der Waals surface area contributed by atoms with E-state index in [2.05, 4.69) is 21.5 Å². The van der Waals surface area contributed by atoms with Crippen LogP contribution >= 0.6 is 11.8 Å². The lowest BCUT2D eigenvalue weighted by Crippen LogP contribution is -2.22. The van der Waals surface area contributed by atoms with E-state index in [0.29, 0.717) is 22.6 Å². The number of fused-ring (bicyclic) bond motifs is 1. The molecular weight excluding hydrogens is 266 g/mol. The van der Waals surface area contributed by atoms with Crippen molar-refractivity contribution in [3.63, 3.8) is 0 Å². The number of hydrogen-bond donors (Lipinski definition) is 3. The van der Waals surface area contributed by atoms with Crippen LogP contribution in [0.1, 0.15) is 5.37 Å². The van der Waals surface area contributed by atoms with Gasteiger partial charge in [0.25, 0.3) is 0 Å². The monoisotopic (exact) mass is 279 g/mol. The summed E-state index contributed by atoms with van der Waals surface area (Å²) < 4.78 is 1.79. The molecular formula is C11H13N5O2S. The first-order valence-corrected chi connectivity index (χ1v) is 6.64. The summed E-state index contributed by atoms with van der Waals surface area (Å²) in [6.07, 6.45) is 2.21. The third kappa shape index (κ3) is 1.79. The molecule has 1 aliphatic heterocycles. The summed E-state index contributed by atoms with van der Waals surface area (Å²) in [5.74, 6) is 0.331. The average Bonchev–Trinajstić information content (AvgIpc) is 2.94. The maximum Gasteiger partial charge on any atom is 0.183 e. The highest BCUT2D eigenvalue weighted by atomic mass is 32.2. The molecule has 0 aliphatic carbocycles. The summed E-state index contributed by atoms with van der Waals surface area (Å²) in [6, 6.07) is 0. The summed E-state index contributed by atoms with van der Waals surface area (Å²) in [7, 11) is 0.